The van der Waals surface area contributed by atoms with Gasteiger partial charge in [-0.1, -0.05) is 25.1 Å². The lowest BCUT2D eigenvalue weighted by molar-refractivity contribution is 0.181. The molecule has 0 aliphatic carbocycles. The number of fused-ring (bicyclic) bond motifs is 1. The van der Waals surface area contributed by atoms with Gasteiger partial charge in [0.2, 0.25) is 0 Å². The first-order valence-corrected chi connectivity index (χ1v) is 10.5. The van der Waals surface area contributed by atoms with Crippen LogP contribution in [0, 0.1) is 5.92 Å². The number of hydrogen-bond donors (Lipinski definition) is 3. The number of para-hydroxylation sites is 1. The first-order chi connectivity index (χ1) is 13.3. The van der Waals surface area contributed by atoms with Crippen molar-refractivity contribution in [3.8, 4) is 0 Å². The molecule has 0 bridgehead atoms. The molecule has 1 aliphatic rings. The average molecular weight is 370 g/mol. The number of rotatable bonds is 8. The van der Waals surface area contributed by atoms with Gasteiger partial charge in [0, 0.05) is 43.8 Å². The van der Waals surface area contributed by atoms with Crippen molar-refractivity contribution in [2.75, 3.05) is 39.8 Å². The van der Waals surface area contributed by atoms with Gasteiger partial charge in [0.25, 0.3) is 0 Å². The van der Waals surface area contributed by atoms with Crippen LogP contribution in [0.5, 0.6) is 0 Å². The Labute approximate surface area is 163 Å². The van der Waals surface area contributed by atoms with E-state index < -0.39 is 0 Å². The number of aromatic nitrogens is 1. The molecule has 2 heterocycles. The third kappa shape index (κ3) is 5.99. The van der Waals surface area contributed by atoms with Crippen molar-refractivity contribution in [3.05, 3.63) is 36.0 Å². The standard InChI is InChI=1S/C22H35N5/c1-18-8-7-15-27(17-18)14-6-5-12-24-22(23-2)25-13-11-19-16-26-21-10-4-3-9-20(19)21/h3-4,9-10,16,18,26H,5-8,11-15,17H2,1-2H3,(H2,23,24,25). The molecule has 1 atom stereocenters. The van der Waals surface area contributed by atoms with Crippen molar-refractivity contribution < 1.29 is 0 Å². The van der Waals surface area contributed by atoms with Crippen LogP contribution in [0.4, 0.5) is 0 Å². The molecule has 2 aromatic rings. The molecule has 1 unspecified atom stereocenters. The second kappa shape index (κ2) is 10.4. The average Bonchev–Trinajstić information content (AvgIpc) is 3.09. The monoisotopic (exact) mass is 369 g/mol. The maximum absolute atomic E-state index is 4.34. The van der Waals surface area contributed by atoms with Gasteiger partial charge in [-0.3, -0.25) is 4.99 Å². The van der Waals surface area contributed by atoms with Gasteiger partial charge in [-0.25, -0.2) is 0 Å². The van der Waals surface area contributed by atoms with Gasteiger partial charge in [0.05, 0.1) is 0 Å². The molecule has 0 radical (unpaired) electrons. The van der Waals surface area contributed by atoms with E-state index in [1.165, 1.54) is 61.8 Å². The van der Waals surface area contributed by atoms with Crippen molar-refractivity contribution in [1.29, 1.82) is 0 Å². The van der Waals surface area contributed by atoms with Gasteiger partial charge < -0.3 is 20.5 Å². The molecule has 0 amide bonds. The van der Waals surface area contributed by atoms with Crippen molar-refractivity contribution in [3.63, 3.8) is 0 Å². The first kappa shape index (κ1) is 19.7. The summed E-state index contributed by atoms with van der Waals surface area (Å²) in [5.74, 6) is 1.78. The van der Waals surface area contributed by atoms with Crippen molar-refractivity contribution in [2.45, 2.75) is 39.0 Å². The quantitative estimate of drug-likeness (QED) is 0.380. The Morgan fingerprint density at radius 2 is 2.07 bits per heavy atom. The summed E-state index contributed by atoms with van der Waals surface area (Å²) in [4.78, 5) is 10.3. The van der Waals surface area contributed by atoms with Gasteiger partial charge in [-0.05, 0) is 62.7 Å². The molecule has 1 aromatic carbocycles. The Balaban J connectivity index is 1.30. The third-order valence-corrected chi connectivity index (χ3v) is 5.52. The highest BCUT2D eigenvalue weighted by molar-refractivity contribution is 5.83. The van der Waals surface area contributed by atoms with E-state index in [0.29, 0.717) is 0 Å². The van der Waals surface area contributed by atoms with E-state index in [4.69, 9.17) is 0 Å². The SMILES string of the molecule is CN=C(NCCCCN1CCCC(C)C1)NCCc1c[nH]c2ccccc12. The molecule has 3 rings (SSSR count). The Morgan fingerprint density at radius 1 is 1.22 bits per heavy atom. The van der Waals surface area contributed by atoms with Crippen LogP contribution in [0.3, 0.4) is 0 Å². The molecule has 1 saturated heterocycles. The van der Waals surface area contributed by atoms with Gasteiger partial charge >= 0.3 is 0 Å². The topological polar surface area (TPSA) is 55.5 Å². The molecule has 3 N–H and O–H groups in total. The van der Waals surface area contributed by atoms with E-state index in [9.17, 15) is 0 Å². The summed E-state index contributed by atoms with van der Waals surface area (Å²) in [5, 5.41) is 8.19. The second-order valence-corrected chi connectivity index (χ2v) is 7.79. The summed E-state index contributed by atoms with van der Waals surface area (Å²) < 4.78 is 0. The lowest BCUT2D eigenvalue weighted by atomic mass is 10.0. The van der Waals surface area contributed by atoms with Crippen LogP contribution in [0.1, 0.15) is 38.2 Å². The lowest BCUT2D eigenvalue weighted by Crippen LogP contribution is -2.39. The van der Waals surface area contributed by atoms with E-state index in [0.717, 1.165) is 31.4 Å². The summed E-state index contributed by atoms with van der Waals surface area (Å²) in [6.07, 6.45) is 8.31. The minimum absolute atomic E-state index is 0.872. The maximum atomic E-state index is 4.34. The molecule has 5 nitrogen and oxygen atoms in total. The number of H-pyrrole nitrogens is 1. The zero-order valence-corrected chi connectivity index (χ0v) is 16.9. The summed E-state index contributed by atoms with van der Waals surface area (Å²) in [7, 11) is 1.84. The molecule has 0 saturated carbocycles. The molecule has 5 heteroatoms. The number of hydrogen-bond acceptors (Lipinski definition) is 2. The number of aliphatic imine (C=N–C) groups is 1. The van der Waals surface area contributed by atoms with Gasteiger partial charge in [-0.2, -0.15) is 0 Å². The molecule has 0 spiro atoms. The van der Waals surface area contributed by atoms with Crippen LogP contribution < -0.4 is 10.6 Å². The van der Waals surface area contributed by atoms with Crippen LogP contribution in [-0.2, 0) is 6.42 Å². The highest BCUT2D eigenvalue weighted by atomic mass is 15.2. The Morgan fingerprint density at radius 3 is 2.93 bits per heavy atom. The third-order valence-electron chi connectivity index (χ3n) is 5.52. The van der Waals surface area contributed by atoms with Crippen molar-refractivity contribution in [1.82, 2.24) is 20.5 Å². The smallest absolute Gasteiger partial charge is 0.190 e. The molecule has 148 valence electrons. The molecule has 1 aromatic heterocycles. The number of likely N-dealkylation sites (tertiary alicyclic amines) is 1. The van der Waals surface area contributed by atoms with Crippen molar-refractivity contribution >= 4 is 16.9 Å². The predicted molar refractivity (Wildman–Crippen MR) is 115 cm³/mol. The minimum atomic E-state index is 0.872. The van der Waals surface area contributed by atoms with E-state index in [2.05, 4.69) is 62.9 Å². The van der Waals surface area contributed by atoms with Crippen LogP contribution in [0.15, 0.2) is 35.5 Å². The summed E-state index contributed by atoms with van der Waals surface area (Å²) in [5.41, 5.74) is 2.56. The summed E-state index contributed by atoms with van der Waals surface area (Å²) in [6.45, 7) is 8.04. The zero-order chi connectivity index (χ0) is 18.9. The largest absolute Gasteiger partial charge is 0.361 e. The second-order valence-electron chi connectivity index (χ2n) is 7.79. The normalized spacial score (nSPS) is 18.7. The molecule has 27 heavy (non-hydrogen) atoms. The van der Waals surface area contributed by atoms with Crippen molar-refractivity contribution in [2.24, 2.45) is 10.9 Å². The molecular formula is C22H35N5. The van der Waals surface area contributed by atoms with Crippen LogP contribution in [0.2, 0.25) is 0 Å². The highest BCUT2D eigenvalue weighted by Crippen LogP contribution is 2.17. The summed E-state index contributed by atoms with van der Waals surface area (Å²) >= 11 is 0. The molecule has 1 aliphatic heterocycles. The fourth-order valence-corrected chi connectivity index (χ4v) is 4.03. The number of piperidine rings is 1. The first-order valence-electron chi connectivity index (χ1n) is 10.5. The highest BCUT2D eigenvalue weighted by Gasteiger charge is 2.15. The van der Waals surface area contributed by atoms with Gasteiger partial charge in [-0.15, -0.1) is 0 Å². The van der Waals surface area contributed by atoms with Crippen LogP contribution >= 0.6 is 0 Å². The molecule has 1 fully saturated rings. The van der Waals surface area contributed by atoms with E-state index in [1.807, 2.05) is 7.05 Å². The fraction of sp³-hybridized carbons (Fsp3) is 0.591. The molecular weight excluding hydrogens is 334 g/mol. The van der Waals surface area contributed by atoms with Crippen LogP contribution in [-0.4, -0.2) is 55.6 Å². The number of guanidine groups is 1. The number of aromatic amines is 1. The Hall–Kier alpha value is -2.01. The van der Waals surface area contributed by atoms with E-state index in [1.54, 1.807) is 0 Å². The van der Waals surface area contributed by atoms with Gasteiger partial charge in [0.1, 0.15) is 0 Å². The van der Waals surface area contributed by atoms with E-state index in [-0.39, 0.29) is 0 Å². The number of nitrogens with one attached hydrogen (secondary N) is 3. The predicted octanol–water partition coefficient (Wildman–Crippen LogP) is 3.39. The Kier molecular flexibility index (Phi) is 7.57. The number of nitrogens with zero attached hydrogens (tertiary/aromatic N) is 2. The Bertz CT molecular complexity index is 720. The lowest BCUT2D eigenvalue weighted by Gasteiger charge is -2.30. The minimum Gasteiger partial charge on any atom is -0.361 e. The maximum Gasteiger partial charge on any atom is 0.190 e. The number of benzene rings is 1. The van der Waals surface area contributed by atoms with Gasteiger partial charge in [0.15, 0.2) is 5.96 Å². The fourth-order valence-electron chi connectivity index (χ4n) is 4.03. The van der Waals surface area contributed by atoms with E-state index >= 15 is 0 Å². The summed E-state index contributed by atoms with van der Waals surface area (Å²) in [6, 6.07) is 8.46. The zero-order valence-electron chi connectivity index (χ0n) is 16.9. The van der Waals surface area contributed by atoms with Crippen LogP contribution in [0.25, 0.3) is 10.9 Å². The number of unbranched alkanes of at least 4 members (excludes halogenated alkanes) is 1.